The van der Waals surface area contributed by atoms with E-state index in [1.54, 1.807) is 0 Å². The van der Waals surface area contributed by atoms with Gasteiger partial charge < -0.3 is 14.8 Å². The third kappa shape index (κ3) is 2.98. The third-order valence-electron chi connectivity index (χ3n) is 4.71. The van der Waals surface area contributed by atoms with Crippen LogP contribution >= 0.6 is 0 Å². The molecule has 3 fully saturated rings. The van der Waals surface area contributed by atoms with Gasteiger partial charge in [0.2, 0.25) is 0 Å². The summed E-state index contributed by atoms with van der Waals surface area (Å²) in [6.07, 6.45) is 3.40. The van der Waals surface area contributed by atoms with Crippen molar-refractivity contribution in [2.24, 2.45) is 0 Å². The average molecular weight is 303 g/mol. The lowest BCUT2D eigenvalue weighted by Crippen LogP contribution is -2.62. The first-order valence-electron chi connectivity index (χ1n) is 8.03. The third-order valence-corrected chi connectivity index (χ3v) is 4.71. The summed E-state index contributed by atoms with van der Waals surface area (Å²) >= 11 is 0. The van der Waals surface area contributed by atoms with Crippen LogP contribution in [0.5, 0.6) is 0 Å². The van der Waals surface area contributed by atoms with E-state index in [1.165, 1.54) is 5.56 Å². The second-order valence-corrected chi connectivity index (χ2v) is 7.56. The van der Waals surface area contributed by atoms with Gasteiger partial charge in [0, 0.05) is 0 Å². The number of hydrogen-bond acceptors (Lipinski definition) is 3. The number of hydrogen-bond donors (Lipinski definition) is 1. The number of fused-ring (bicyclic) bond motifs is 3. The number of carbonyl (C=O) groups is 1. The second-order valence-electron chi connectivity index (χ2n) is 7.56. The van der Waals surface area contributed by atoms with Crippen molar-refractivity contribution >= 4 is 6.09 Å². The van der Waals surface area contributed by atoms with Crippen LogP contribution in [0.3, 0.4) is 0 Å². The monoisotopic (exact) mass is 303 g/mol. The Morgan fingerprint density at radius 2 is 1.77 bits per heavy atom. The van der Waals surface area contributed by atoms with E-state index in [4.69, 9.17) is 9.47 Å². The first-order chi connectivity index (χ1) is 10.3. The molecule has 1 aliphatic carbocycles. The van der Waals surface area contributed by atoms with Gasteiger partial charge in [-0.2, -0.15) is 0 Å². The number of ether oxygens (including phenoxy) is 2. The SMILES string of the molecule is CC(C)(C)OC(=O)NC12CCC(c3ccccc3)(CC1)OC2. The van der Waals surface area contributed by atoms with Crippen molar-refractivity contribution < 1.29 is 14.3 Å². The van der Waals surface area contributed by atoms with Gasteiger partial charge in [0.1, 0.15) is 5.60 Å². The Morgan fingerprint density at radius 1 is 1.14 bits per heavy atom. The Labute approximate surface area is 132 Å². The van der Waals surface area contributed by atoms with Crippen LogP contribution in [0.2, 0.25) is 0 Å². The summed E-state index contributed by atoms with van der Waals surface area (Å²) in [5.74, 6) is 0. The van der Waals surface area contributed by atoms with Crippen molar-refractivity contribution in [3.8, 4) is 0 Å². The highest BCUT2D eigenvalue weighted by Gasteiger charge is 2.51. The van der Waals surface area contributed by atoms with E-state index < -0.39 is 5.60 Å². The van der Waals surface area contributed by atoms with E-state index in [9.17, 15) is 4.79 Å². The molecule has 4 rings (SSSR count). The fourth-order valence-corrected chi connectivity index (χ4v) is 3.49. The number of benzene rings is 1. The van der Waals surface area contributed by atoms with E-state index >= 15 is 0 Å². The van der Waals surface area contributed by atoms with Crippen LogP contribution < -0.4 is 5.32 Å². The molecule has 2 heterocycles. The highest BCUT2D eigenvalue weighted by atomic mass is 16.6. The summed E-state index contributed by atoms with van der Waals surface area (Å²) in [7, 11) is 0. The molecule has 0 radical (unpaired) electrons. The van der Waals surface area contributed by atoms with Crippen LogP contribution in [-0.2, 0) is 15.1 Å². The van der Waals surface area contributed by atoms with E-state index in [-0.39, 0.29) is 17.2 Å². The molecular weight excluding hydrogens is 278 g/mol. The fourth-order valence-electron chi connectivity index (χ4n) is 3.49. The molecular formula is C18H25NO3. The minimum Gasteiger partial charge on any atom is -0.444 e. The van der Waals surface area contributed by atoms with Crippen molar-refractivity contribution in [1.82, 2.24) is 5.32 Å². The second kappa shape index (κ2) is 5.27. The van der Waals surface area contributed by atoms with Gasteiger partial charge in [-0.05, 0) is 52.0 Å². The Balaban J connectivity index is 1.67. The molecule has 3 aliphatic rings. The number of nitrogens with one attached hydrogen (secondary N) is 1. The smallest absolute Gasteiger partial charge is 0.408 e. The molecule has 1 aromatic rings. The Kier molecular flexibility index (Phi) is 3.68. The molecule has 2 saturated heterocycles. The summed E-state index contributed by atoms with van der Waals surface area (Å²) in [5.41, 5.74) is 0.344. The molecule has 0 atom stereocenters. The van der Waals surface area contributed by atoms with Gasteiger partial charge in [0.05, 0.1) is 17.7 Å². The van der Waals surface area contributed by atoms with Crippen LogP contribution in [0, 0.1) is 0 Å². The van der Waals surface area contributed by atoms with Gasteiger partial charge in [0.25, 0.3) is 0 Å². The minimum absolute atomic E-state index is 0.168. The maximum absolute atomic E-state index is 12.1. The number of rotatable bonds is 2. The van der Waals surface area contributed by atoms with Crippen molar-refractivity contribution in [3.63, 3.8) is 0 Å². The highest BCUT2D eigenvalue weighted by Crippen LogP contribution is 2.49. The zero-order valence-electron chi connectivity index (χ0n) is 13.6. The number of amides is 1. The molecule has 1 aromatic carbocycles. The van der Waals surface area contributed by atoms with Crippen molar-refractivity contribution in [2.75, 3.05) is 6.61 Å². The standard InChI is InChI=1S/C18H25NO3/c1-16(2,3)22-15(20)19-17-9-11-18(12-10-17,21-13-17)14-7-5-4-6-8-14/h4-8H,9-13H2,1-3H3,(H,19,20). The van der Waals surface area contributed by atoms with Crippen LogP contribution in [0.15, 0.2) is 30.3 Å². The molecule has 0 unspecified atom stereocenters. The summed E-state index contributed by atoms with van der Waals surface area (Å²) in [6.45, 7) is 6.19. The molecule has 1 amide bonds. The van der Waals surface area contributed by atoms with Gasteiger partial charge in [-0.3, -0.25) is 0 Å². The van der Waals surface area contributed by atoms with E-state index in [1.807, 2.05) is 26.8 Å². The predicted octanol–water partition coefficient (Wildman–Crippen LogP) is 3.75. The maximum Gasteiger partial charge on any atom is 0.408 e. The average Bonchev–Trinajstić information content (AvgIpc) is 2.47. The van der Waals surface area contributed by atoms with Gasteiger partial charge in [-0.1, -0.05) is 30.3 Å². The lowest BCUT2D eigenvalue weighted by molar-refractivity contribution is -0.166. The zero-order chi connectivity index (χ0) is 15.8. The molecule has 2 bridgehead atoms. The summed E-state index contributed by atoms with van der Waals surface area (Å²) < 4.78 is 11.6. The highest BCUT2D eigenvalue weighted by molar-refractivity contribution is 5.69. The largest absolute Gasteiger partial charge is 0.444 e. The molecule has 4 nitrogen and oxygen atoms in total. The van der Waals surface area contributed by atoms with E-state index in [0.717, 1.165) is 25.7 Å². The Bertz CT molecular complexity index is 523. The van der Waals surface area contributed by atoms with Gasteiger partial charge in [-0.25, -0.2) is 4.79 Å². The molecule has 2 aliphatic heterocycles. The zero-order valence-corrected chi connectivity index (χ0v) is 13.6. The summed E-state index contributed by atoms with van der Waals surface area (Å²) in [6, 6.07) is 10.4. The van der Waals surface area contributed by atoms with Gasteiger partial charge in [0.15, 0.2) is 0 Å². The lowest BCUT2D eigenvalue weighted by Gasteiger charge is -2.53. The summed E-state index contributed by atoms with van der Waals surface area (Å²) in [5, 5.41) is 3.06. The topological polar surface area (TPSA) is 47.6 Å². The first-order valence-corrected chi connectivity index (χ1v) is 8.03. The van der Waals surface area contributed by atoms with Crippen molar-refractivity contribution in [2.45, 2.75) is 63.2 Å². The normalized spacial score (nSPS) is 30.9. The van der Waals surface area contributed by atoms with Crippen LogP contribution in [0.4, 0.5) is 4.79 Å². The van der Waals surface area contributed by atoms with E-state index in [2.05, 4.69) is 29.6 Å². The lowest BCUT2D eigenvalue weighted by atomic mass is 9.68. The van der Waals surface area contributed by atoms with Crippen molar-refractivity contribution in [3.05, 3.63) is 35.9 Å². The molecule has 22 heavy (non-hydrogen) atoms. The molecule has 4 heteroatoms. The fraction of sp³-hybridized carbons (Fsp3) is 0.611. The molecule has 1 saturated carbocycles. The van der Waals surface area contributed by atoms with Crippen molar-refractivity contribution in [1.29, 1.82) is 0 Å². The number of alkyl carbamates (subject to hydrolysis) is 1. The molecule has 0 spiro atoms. The Hall–Kier alpha value is -1.55. The van der Waals surface area contributed by atoms with Gasteiger partial charge in [-0.15, -0.1) is 0 Å². The van der Waals surface area contributed by atoms with Crippen LogP contribution in [-0.4, -0.2) is 23.8 Å². The summed E-state index contributed by atoms with van der Waals surface area (Å²) in [4.78, 5) is 12.1. The van der Waals surface area contributed by atoms with E-state index in [0.29, 0.717) is 6.61 Å². The quantitative estimate of drug-likeness (QED) is 0.905. The first kappa shape index (κ1) is 15.3. The minimum atomic E-state index is -0.474. The predicted molar refractivity (Wildman–Crippen MR) is 84.6 cm³/mol. The molecule has 120 valence electrons. The maximum atomic E-state index is 12.1. The van der Waals surface area contributed by atoms with Gasteiger partial charge >= 0.3 is 6.09 Å². The van der Waals surface area contributed by atoms with Crippen LogP contribution in [0.1, 0.15) is 52.0 Å². The van der Waals surface area contributed by atoms with Crippen LogP contribution in [0.25, 0.3) is 0 Å². The molecule has 1 N–H and O–H groups in total. The number of carbonyl (C=O) groups excluding carboxylic acids is 1. The molecule has 0 aromatic heterocycles. The Morgan fingerprint density at radius 3 is 2.27 bits per heavy atom.